The molecule has 2 saturated heterocycles. The molecule has 1 atom stereocenters. The summed E-state index contributed by atoms with van der Waals surface area (Å²) in [7, 11) is 0. The highest BCUT2D eigenvalue weighted by atomic mass is 16.2. The van der Waals surface area contributed by atoms with Crippen LogP contribution in [0.3, 0.4) is 0 Å². The quantitative estimate of drug-likeness (QED) is 0.860. The average Bonchev–Trinajstić information content (AvgIpc) is 3.27. The van der Waals surface area contributed by atoms with Gasteiger partial charge >= 0.3 is 0 Å². The number of hydrogen-bond donors (Lipinski definition) is 1. The van der Waals surface area contributed by atoms with Gasteiger partial charge in [0.2, 0.25) is 0 Å². The lowest BCUT2D eigenvalue weighted by Crippen LogP contribution is -2.47. The number of carbonyl (C=O) groups excluding carboxylic acids is 1. The van der Waals surface area contributed by atoms with E-state index in [1.165, 1.54) is 43.5 Å². The standard InChI is InChI=1S/C24H31N3O/c25-17-23-5-1-2-16-27(23)24(28)22-12-10-21(11-13-22)20-8-6-19(7-9-20)18-26-14-3-4-15-26/h6-13,23H,1-5,14-18,25H2/t23-/m0/s1. The Morgan fingerprint density at radius 2 is 1.46 bits per heavy atom. The van der Waals surface area contributed by atoms with Crippen molar-refractivity contribution in [2.75, 3.05) is 26.2 Å². The van der Waals surface area contributed by atoms with Crippen molar-refractivity contribution in [3.05, 3.63) is 59.7 Å². The van der Waals surface area contributed by atoms with E-state index in [0.717, 1.165) is 37.1 Å². The Kier molecular flexibility index (Phi) is 6.08. The number of nitrogens with two attached hydrogens (primary N) is 1. The number of likely N-dealkylation sites (tertiary alicyclic amines) is 2. The minimum atomic E-state index is 0.114. The predicted octanol–water partition coefficient (Wildman–Crippen LogP) is 3.90. The van der Waals surface area contributed by atoms with Gasteiger partial charge in [0.25, 0.3) is 5.91 Å². The van der Waals surface area contributed by atoms with Gasteiger partial charge in [0.1, 0.15) is 0 Å². The van der Waals surface area contributed by atoms with E-state index in [9.17, 15) is 4.79 Å². The molecule has 4 rings (SSSR count). The molecule has 0 aromatic heterocycles. The fourth-order valence-corrected chi connectivity index (χ4v) is 4.49. The molecule has 2 heterocycles. The molecule has 0 saturated carbocycles. The smallest absolute Gasteiger partial charge is 0.254 e. The first kappa shape index (κ1) is 19.2. The zero-order valence-corrected chi connectivity index (χ0v) is 16.6. The van der Waals surface area contributed by atoms with Crippen LogP contribution in [0.5, 0.6) is 0 Å². The van der Waals surface area contributed by atoms with Crippen LogP contribution in [0, 0.1) is 0 Å². The van der Waals surface area contributed by atoms with Gasteiger partial charge < -0.3 is 10.6 Å². The average molecular weight is 378 g/mol. The van der Waals surface area contributed by atoms with Crippen molar-refractivity contribution in [2.45, 2.75) is 44.7 Å². The Morgan fingerprint density at radius 3 is 2.11 bits per heavy atom. The van der Waals surface area contributed by atoms with Gasteiger partial charge in [-0.15, -0.1) is 0 Å². The van der Waals surface area contributed by atoms with Crippen molar-refractivity contribution >= 4 is 5.91 Å². The molecule has 4 nitrogen and oxygen atoms in total. The van der Waals surface area contributed by atoms with E-state index in [0.29, 0.717) is 6.54 Å². The summed E-state index contributed by atoms with van der Waals surface area (Å²) in [4.78, 5) is 17.4. The van der Waals surface area contributed by atoms with Crippen molar-refractivity contribution in [1.29, 1.82) is 0 Å². The van der Waals surface area contributed by atoms with E-state index in [1.54, 1.807) is 0 Å². The zero-order chi connectivity index (χ0) is 19.3. The molecule has 0 bridgehead atoms. The first-order valence-electron chi connectivity index (χ1n) is 10.7. The molecule has 0 spiro atoms. The lowest BCUT2D eigenvalue weighted by atomic mass is 9.99. The zero-order valence-electron chi connectivity index (χ0n) is 16.6. The molecule has 2 fully saturated rings. The van der Waals surface area contributed by atoms with Gasteiger partial charge in [0, 0.05) is 31.2 Å². The molecule has 2 aromatic carbocycles. The summed E-state index contributed by atoms with van der Waals surface area (Å²) < 4.78 is 0. The molecule has 4 heteroatoms. The number of amides is 1. The SMILES string of the molecule is NC[C@@H]1CCCCN1C(=O)c1ccc(-c2ccc(CN3CCCC3)cc2)cc1. The highest BCUT2D eigenvalue weighted by molar-refractivity contribution is 5.95. The fraction of sp³-hybridized carbons (Fsp3) is 0.458. The molecule has 2 aliphatic rings. The second-order valence-corrected chi connectivity index (χ2v) is 8.14. The number of piperidine rings is 1. The lowest BCUT2D eigenvalue weighted by molar-refractivity contribution is 0.0623. The third kappa shape index (κ3) is 4.29. The molecule has 2 aromatic rings. The highest BCUT2D eigenvalue weighted by Crippen LogP contribution is 2.24. The molecular weight excluding hydrogens is 346 g/mol. The Bertz CT molecular complexity index is 779. The first-order chi connectivity index (χ1) is 13.7. The van der Waals surface area contributed by atoms with Crippen LogP contribution in [0.2, 0.25) is 0 Å². The maximum Gasteiger partial charge on any atom is 0.254 e. The summed E-state index contributed by atoms with van der Waals surface area (Å²) >= 11 is 0. The normalized spacial score (nSPS) is 20.5. The largest absolute Gasteiger partial charge is 0.334 e. The van der Waals surface area contributed by atoms with Crippen LogP contribution >= 0.6 is 0 Å². The Hall–Kier alpha value is -2.17. The Balaban J connectivity index is 1.43. The molecule has 148 valence electrons. The summed E-state index contributed by atoms with van der Waals surface area (Å²) in [5.74, 6) is 0.114. The fourth-order valence-electron chi connectivity index (χ4n) is 4.49. The number of nitrogens with zero attached hydrogens (tertiary/aromatic N) is 2. The Morgan fingerprint density at radius 1 is 0.857 bits per heavy atom. The van der Waals surface area contributed by atoms with Crippen molar-refractivity contribution in [3.8, 4) is 11.1 Å². The Labute approximate surface area is 168 Å². The molecular formula is C24H31N3O. The summed E-state index contributed by atoms with van der Waals surface area (Å²) in [6.45, 7) is 4.86. The van der Waals surface area contributed by atoms with E-state index in [-0.39, 0.29) is 11.9 Å². The van der Waals surface area contributed by atoms with Crippen molar-refractivity contribution in [2.24, 2.45) is 5.73 Å². The minimum Gasteiger partial charge on any atom is -0.334 e. The van der Waals surface area contributed by atoms with Crippen LogP contribution in [0.1, 0.15) is 48.0 Å². The van der Waals surface area contributed by atoms with Gasteiger partial charge in [-0.2, -0.15) is 0 Å². The number of rotatable bonds is 5. The molecule has 0 unspecified atom stereocenters. The van der Waals surface area contributed by atoms with E-state index in [1.807, 2.05) is 17.0 Å². The summed E-state index contributed by atoms with van der Waals surface area (Å²) in [6, 6.07) is 17.1. The summed E-state index contributed by atoms with van der Waals surface area (Å²) in [5.41, 5.74) is 10.4. The second kappa shape index (κ2) is 8.89. The number of carbonyl (C=O) groups is 1. The van der Waals surface area contributed by atoms with E-state index >= 15 is 0 Å². The van der Waals surface area contributed by atoms with Crippen LogP contribution < -0.4 is 5.73 Å². The topological polar surface area (TPSA) is 49.6 Å². The molecule has 0 radical (unpaired) electrons. The van der Waals surface area contributed by atoms with E-state index in [4.69, 9.17) is 5.73 Å². The van der Waals surface area contributed by atoms with Gasteiger partial charge in [0.15, 0.2) is 0 Å². The maximum absolute atomic E-state index is 12.9. The molecule has 0 aliphatic carbocycles. The van der Waals surface area contributed by atoms with E-state index in [2.05, 4.69) is 41.3 Å². The van der Waals surface area contributed by atoms with Crippen LogP contribution in [0.25, 0.3) is 11.1 Å². The molecule has 28 heavy (non-hydrogen) atoms. The van der Waals surface area contributed by atoms with Crippen LogP contribution in [-0.4, -0.2) is 47.9 Å². The maximum atomic E-state index is 12.9. The van der Waals surface area contributed by atoms with Crippen molar-refractivity contribution in [3.63, 3.8) is 0 Å². The minimum absolute atomic E-state index is 0.114. The van der Waals surface area contributed by atoms with Crippen molar-refractivity contribution < 1.29 is 4.79 Å². The number of hydrogen-bond acceptors (Lipinski definition) is 3. The molecule has 2 aliphatic heterocycles. The van der Waals surface area contributed by atoms with Gasteiger partial charge in [-0.1, -0.05) is 36.4 Å². The van der Waals surface area contributed by atoms with Gasteiger partial charge in [-0.25, -0.2) is 0 Å². The first-order valence-corrected chi connectivity index (χ1v) is 10.7. The summed E-state index contributed by atoms with van der Waals surface area (Å²) in [6.07, 6.45) is 5.91. The monoisotopic (exact) mass is 377 g/mol. The van der Waals surface area contributed by atoms with Gasteiger partial charge in [-0.3, -0.25) is 9.69 Å². The van der Waals surface area contributed by atoms with Crippen LogP contribution in [-0.2, 0) is 6.54 Å². The third-order valence-corrected chi connectivity index (χ3v) is 6.18. The summed E-state index contributed by atoms with van der Waals surface area (Å²) in [5, 5.41) is 0. The van der Waals surface area contributed by atoms with Crippen molar-refractivity contribution in [1.82, 2.24) is 9.80 Å². The van der Waals surface area contributed by atoms with Crippen LogP contribution in [0.4, 0.5) is 0 Å². The van der Waals surface area contributed by atoms with Gasteiger partial charge in [-0.05, 0) is 74.0 Å². The number of benzene rings is 2. The van der Waals surface area contributed by atoms with Crippen LogP contribution in [0.15, 0.2) is 48.5 Å². The third-order valence-electron chi connectivity index (χ3n) is 6.18. The predicted molar refractivity (Wildman–Crippen MR) is 114 cm³/mol. The lowest BCUT2D eigenvalue weighted by Gasteiger charge is -2.35. The van der Waals surface area contributed by atoms with E-state index < -0.39 is 0 Å². The van der Waals surface area contributed by atoms with Gasteiger partial charge in [0.05, 0.1) is 0 Å². The highest BCUT2D eigenvalue weighted by Gasteiger charge is 2.26. The molecule has 2 N–H and O–H groups in total. The molecule has 1 amide bonds. The second-order valence-electron chi connectivity index (χ2n) is 8.14.